The molecule has 2 aliphatic rings. The van der Waals surface area contributed by atoms with E-state index in [-0.39, 0.29) is 6.04 Å². The predicted molar refractivity (Wildman–Crippen MR) is 76.9 cm³/mol. The maximum atomic E-state index is 12.1. The van der Waals surface area contributed by atoms with Gasteiger partial charge in [-0.15, -0.1) is 11.3 Å². The van der Waals surface area contributed by atoms with E-state index in [0.717, 1.165) is 24.3 Å². The molecule has 2 unspecified atom stereocenters. The van der Waals surface area contributed by atoms with Gasteiger partial charge in [-0.1, -0.05) is 6.92 Å². The second kappa shape index (κ2) is 5.16. The highest BCUT2D eigenvalue weighted by atomic mass is 32.2. The van der Waals surface area contributed by atoms with Crippen molar-refractivity contribution >= 4 is 21.4 Å². The van der Waals surface area contributed by atoms with E-state index in [1.54, 1.807) is 6.07 Å². The number of nitrogens with one attached hydrogen (secondary N) is 2. The van der Waals surface area contributed by atoms with Crippen molar-refractivity contribution in [1.82, 2.24) is 10.0 Å². The van der Waals surface area contributed by atoms with Crippen LogP contribution in [0.3, 0.4) is 0 Å². The highest BCUT2D eigenvalue weighted by Crippen LogP contribution is 2.32. The third-order valence-electron chi connectivity index (χ3n) is 3.70. The Bertz CT molecular complexity index is 549. The Kier molecular flexibility index (Phi) is 3.68. The molecule has 2 aliphatic carbocycles. The summed E-state index contributed by atoms with van der Waals surface area (Å²) in [5, 5.41) is 3.44. The van der Waals surface area contributed by atoms with Crippen molar-refractivity contribution in [2.45, 2.75) is 48.9 Å². The van der Waals surface area contributed by atoms with Crippen LogP contribution in [-0.4, -0.2) is 27.0 Å². The summed E-state index contributed by atoms with van der Waals surface area (Å²) in [7, 11) is -3.29. The van der Waals surface area contributed by atoms with Gasteiger partial charge in [-0.25, -0.2) is 13.1 Å². The second-order valence-corrected chi connectivity index (χ2v) is 8.75. The van der Waals surface area contributed by atoms with Crippen LogP contribution in [0.5, 0.6) is 0 Å². The minimum Gasteiger partial charge on any atom is -0.314 e. The summed E-state index contributed by atoms with van der Waals surface area (Å²) >= 11 is 1.39. The molecule has 0 spiro atoms. The van der Waals surface area contributed by atoms with E-state index in [0.29, 0.717) is 16.2 Å². The molecule has 0 aliphatic heterocycles. The van der Waals surface area contributed by atoms with Gasteiger partial charge in [0.2, 0.25) is 10.0 Å². The molecule has 4 nitrogen and oxygen atoms in total. The van der Waals surface area contributed by atoms with E-state index in [4.69, 9.17) is 0 Å². The monoisotopic (exact) mass is 300 g/mol. The van der Waals surface area contributed by atoms with Gasteiger partial charge in [0.1, 0.15) is 4.21 Å². The van der Waals surface area contributed by atoms with Gasteiger partial charge in [0.15, 0.2) is 0 Å². The fourth-order valence-corrected chi connectivity index (χ4v) is 4.80. The first kappa shape index (κ1) is 13.5. The lowest BCUT2D eigenvalue weighted by atomic mass is 10.3. The molecule has 0 saturated heterocycles. The molecule has 106 valence electrons. The Morgan fingerprint density at radius 2 is 2.11 bits per heavy atom. The van der Waals surface area contributed by atoms with Gasteiger partial charge in [0.05, 0.1) is 0 Å². The first-order chi connectivity index (χ1) is 9.04. The van der Waals surface area contributed by atoms with E-state index < -0.39 is 10.0 Å². The van der Waals surface area contributed by atoms with Gasteiger partial charge in [0, 0.05) is 23.5 Å². The van der Waals surface area contributed by atoms with Crippen molar-refractivity contribution in [3.63, 3.8) is 0 Å². The van der Waals surface area contributed by atoms with Crippen molar-refractivity contribution in [2.75, 3.05) is 6.54 Å². The lowest BCUT2D eigenvalue weighted by molar-refractivity contribution is 0.580. The molecule has 19 heavy (non-hydrogen) atoms. The zero-order chi connectivity index (χ0) is 13.5. The fourth-order valence-electron chi connectivity index (χ4n) is 2.07. The minimum absolute atomic E-state index is 0.145. The predicted octanol–water partition coefficient (Wildman–Crippen LogP) is 1.73. The summed E-state index contributed by atoms with van der Waals surface area (Å²) in [4.78, 5) is 1.14. The Balaban J connectivity index is 1.56. The number of hydrogen-bond acceptors (Lipinski definition) is 4. The van der Waals surface area contributed by atoms with Crippen LogP contribution < -0.4 is 10.0 Å². The summed E-state index contributed by atoms with van der Waals surface area (Å²) < 4.78 is 27.4. The standard InChI is InChI=1S/C13H20N2O2S2/c1-9-8-12(9)15-19(16,17)13-5-4-11(18-13)6-7-14-10-2-3-10/h4-5,9-10,12,14-15H,2-3,6-8H2,1H3. The maximum absolute atomic E-state index is 12.1. The van der Waals surface area contributed by atoms with Crippen molar-refractivity contribution in [3.8, 4) is 0 Å². The molecule has 1 aromatic heterocycles. The van der Waals surface area contributed by atoms with Crippen LogP contribution in [-0.2, 0) is 16.4 Å². The molecule has 0 bridgehead atoms. The van der Waals surface area contributed by atoms with E-state index in [2.05, 4.69) is 17.0 Å². The van der Waals surface area contributed by atoms with Crippen molar-refractivity contribution in [1.29, 1.82) is 0 Å². The average Bonchev–Trinajstić information content (AvgIpc) is 3.22. The second-order valence-electron chi connectivity index (χ2n) is 5.64. The zero-order valence-corrected chi connectivity index (χ0v) is 12.7. The zero-order valence-electron chi connectivity index (χ0n) is 11.1. The van der Waals surface area contributed by atoms with Crippen LogP contribution in [0, 0.1) is 5.92 Å². The van der Waals surface area contributed by atoms with Gasteiger partial charge in [-0.05, 0) is 43.7 Å². The van der Waals surface area contributed by atoms with E-state index in [9.17, 15) is 8.42 Å². The first-order valence-corrected chi connectivity index (χ1v) is 9.19. The SMILES string of the molecule is CC1CC1NS(=O)(=O)c1ccc(CCNC2CC2)s1. The molecule has 1 aromatic rings. The van der Waals surface area contributed by atoms with Gasteiger partial charge in [-0.2, -0.15) is 0 Å². The van der Waals surface area contributed by atoms with Crippen LogP contribution in [0.4, 0.5) is 0 Å². The molecule has 0 aromatic carbocycles. The molecular formula is C13H20N2O2S2. The Labute approximate surface area is 118 Å². The molecule has 6 heteroatoms. The van der Waals surface area contributed by atoms with Gasteiger partial charge in [0.25, 0.3) is 0 Å². The van der Waals surface area contributed by atoms with Crippen LogP contribution in [0.2, 0.25) is 0 Å². The molecule has 2 fully saturated rings. The lowest BCUT2D eigenvalue weighted by Crippen LogP contribution is -2.26. The summed E-state index contributed by atoms with van der Waals surface area (Å²) in [6.07, 6.45) is 4.44. The minimum atomic E-state index is -3.29. The summed E-state index contributed by atoms with van der Waals surface area (Å²) in [5.41, 5.74) is 0. The molecule has 2 saturated carbocycles. The van der Waals surface area contributed by atoms with Gasteiger partial charge < -0.3 is 5.32 Å². The highest BCUT2D eigenvalue weighted by Gasteiger charge is 2.36. The van der Waals surface area contributed by atoms with Crippen molar-refractivity contribution < 1.29 is 8.42 Å². The molecule has 2 atom stereocenters. The Morgan fingerprint density at radius 1 is 1.37 bits per heavy atom. The van der Waals surface area contributed by atoms with Crippen LogP contribution >= 0.6 is 11.3 Å². The molecular weight excluding hydrogens is 280 g/mol. The average molecular weight is 300 g/mol. The van der Waals surface area contributed by atoms with Crippen LogP contribution in [0.25, 0.3) is 0 Å². The van der Waals surface area contributed by atoms with E-state index in [1.165, 1.54) is 24.2 Å². The van der Waals surface area contributed by atoms with Gasteiger partial charge >= 0.3 is 0 Å². The molecule has 3 rings (SSSR count). The third-order valence-corrected chi connectivity index (χ3v) is 6.83. The largest absolute Gasteiger partial charge is 0.314 e. The molecule has 1 heterocycles. The number of thiophene rings is 1. The van der Waals surface area contributed by atoms with Crippen LogP contribution in [0.1, 0.15) is 31.1 Å². The smallest absolute Gasteiger partial charge is 0.250 e. The molecule has 2 N–H and O–H groups in total. The van der Waals surface area contributed by atoms with Gasteiger partial charge in [-0.3, -0.25) is 0 Å². The quantitative estimate of drug-likeness (QED) is 0.806. The topological polar surface area (TPSA) is 58.2 Å². The van der Waals surface area contributed by atoms with Crippen molar-refractivity contribution in [3.05, 3.63) is 17.0 Å². The van der Waals surface area contributed by atoms with E-state index in [1.807, 2.05) is 6.07 Å². The summed E-state index contributed by atoms with van der Waals surface area (Å²) in [6.45, 7) is 3.01. The number of rotatable bonds is 7. The summed E-state index contributed by atoms with van der Waals surface area (Å²) in [6, 6.07) is 4.52. The third kappa shape index (κ3) is 3.56. The lowest BCUT2D eigenvalue weighted by Gasteiger charge is -2.02. The highest BCUT2D eigenvalue weighted by molar-refractivity contribution is 7.91. The van der Waals surface area contributed by atoms with E-state index >= 15 is 0 Å². The molecule has 0 amide bonds. The summed E-state index contributed by atoms with van der Waals surface area (Å²) in [5.74, 6) is 0.483. The Hall–Kier alpha value is -0.430. The number of sulfonamides is 1. The Morgan fingerprint density at radius 3 is 2.74 bits per heavy atom. The van der Waals surface area contributed by atoms with Crippen LogP contribution in [0.15, 0.2) is 16.3 Å². The van der Waals surface area contributed by atoms with Crippen molar-refractivity contribution in [2.24, 2.45) is 5.92 Å². The maximum Gasteiger partial charge on any atom is 0.250 e. The number of hydrogen-bond donors (Lipinski definition) is 2. The fraction of sp³-hybridized carbons (Fsp3) is 0.692. The first-order valence-electron chi connectivity index (χ1n) is 6.89. The molecule has 0 radical (unpaired) electrons. The normalized spacial score (nSPS) is 26.6.